The second-order valence-corrected chi connectivity index (χ2v) is 2.99. The summed E-state index contributed by atoms with van der Waals surface area (Å²) in [5.74, 6) is -0.132. The van der Waals surface area contributed by atoms with Gasteiger partial charge in [0.05, 0.1) is 6.10 Å². The molecule has 0 aliphatic carbocycles. The van der Waals surface area contributed by atoms with E-state index in [2.05, 4.69) is 0 Å². The maximum Gasteiger partial charge on any atom is 0.231 e. The summed E-state index contributed by atoms with van der Waals surface area (Å²) >= 11 is 0. The first-order chi connectivity index (χ1) is 6.72. The molecule has 5 heteroatoms. The first-order valence-corrected chi connectivity index (χ1v) is 4.19. The van der Waals surface area contributed by atoms with E-state index in [0.717, 1.165) is 0 Å². The van der Waals surface area contributed by atoms with Gasteiger partial charge >= 0.3 is 0 Å². The summed E-state index contributed by atoms with van der Waals surface area (Å²) in [6, 6.07) is 2.73. The zero-order valence-electron chi connectivity index (χ0n) is 7.37. The van der Waals surface area contributed by atoms with Gasteiger partial charge in [-0.15, -0.1) is 0 Å². The SMILES string of the molecule is NCC(O)c1cc(F)c2c(c1)OCO2. The van der Waals surface area contributed by atoms with Crippen molar-refractivity contribution in [1.29, 1.82) is 0 Å². The second-order valence-electron chi connectivity index (χ2n) is 2.99. The number of nitrogens with two attached hydrogens (primary N) is 1. The van der Waals surface area contributed by atoms with E-state index in [4.69, 9.17) is 15.2 Å². The number of hydrogen-bond acceptors (Lipinski definition) is 4. The van der Waals surface area contributed by atoms with E-state index in [1.165, 1.54) is 12.1 Å². The monoisotopic (exact) mass is 199 g/mol. The molecule has 0 radical (unpaired) electrons. The highest BCUT2D eigenvalue weighted by atomic mass is 19.1. The van der Waals surface area contributed by atoms with E-state index in [0.29, 0.717) is 11.3 Å². The third kappa shape index (κ3) is 1.40. The van der Waals surface area contributed by atoms with Crippen LogP contribution in [-0.4, -0.2) is 18.4 Å². The summed E-state index contributed by atoms with van der Waals surface area (Å²) in [4.78, 5) is 0. The van der Waals surface area contributed by atoms with Gasteiger partial charge in [-0.05, 0) is 17.7 Å². The topological polar surface area (TPSA) is 64.7 Å². The fraction of sp³-hybridized carbons (Fsp3) is 0.333. The lowest BCUT2D eigenvalue weighted by Crippen LogP contribution is -2.11. The van der Waals surface area contributed by atoms with E-state index >= 15 is 0 Å². The molecule has 2 rings (SSSR count). The number of rotatable bonds is 2. The summed E-state index contributed by atoms with van der Waals surface area (Å²) in [7, 11) is 0. The number of benzene rings is 1. The molecule has 76 valence electrons. The Morgan fingerprint density at radius 2 is 2.29 bits per heavy atom. The fourth-order valence-electron chi connectivity index (χ4n) is 1.32. The van der Waals surface area contributed by atoms with Crippen molar-refractivity contribution in [2.24, 2.45) is 5.73 Å². The molecular formula is C9H10FNO3. The van der Waals surface area contributed by atoms with Crippen LogP contribution in [0.15, 0.2) is 12.1 Å². The smallest absolute Gasteiger partial charge is 0.231 e. The Kier molecular flexibility index (Phi) is 2.26. The molecule has 1 aliphatic heterocycles. The van der Waals surface area contributed by atoms with Gasteiger partial charge in [0, 0.05) is 6.54 Å². The second kappa shape index (κ2) is 3.43. The van der Waals surface area contributed by atoms with Gasteiger partial charge in [0.2, 0.25) is 12.5 Å². The quantitative estimate of drug-likeness (QED) is 0.729. The van der Waals surface area contributed by atoms with Crippen molar-refractivity contribution in [2.75, 3.05) is 13.3 Å². The van der Waals surface area contributed by atoms with Gasteiger partial charge in [0.1, 0.15) is 0 Å². The minimum atomic E-state index is -0.876. The van der Waals surface area contributed by atoms with Crippen molar-refractivity contribution in [2.45, 2.75) is 6.10 Å². The molecule has 0 saturated heterocycles. The molecule has 0 bridgehead atoms. The van der Waals surface area contributed by atoms with Gasteiger partial charge in [-0.1, -0.05) is 0 Å². The van der Waals surface area contributed by atoms with Crippen LogP contribution >= 0.6 is 0 Å². The van der Waals surface area contributed by atoms with Crippen LogP contribution in [0.5, 0.6) is 11.5 Å². The highest BCUT2D eigenvalue weighted by Gasteiger charge is 2.21. The first-order valence-electron chi connectivity index (χ1n) is 4.19. The summed E-state index contributed by atoms with van der Waals surface area (Å²) in [6.45, 7) is 0.0491. The van der Waals surface area contributed by atoms with Crippen LogP contribution in [0, 0.1) is 5.82 Å². The minimum Gasteiger partial charge on any atom is -0.453 e. The van der Waals surface area contributed by atoms with Gasteiger partial charge in [0.15, 0.2) is 11.6 Å². The van der Waals surface area contributed by atoms with E-state index in [9.17, 15) is 9.50 Å². The van der Waals surface area contributed by atoms with E-state index in [-0.39, 0.29) is 19.1 Å². The molecule has 0 fully saturated rings. The molecular weight excluding hydrogens is 189 g/mol. The molecule has 4 nitrogen and oxygen atoms in total. The van der Waals surface area contributed by atoms with Crippen LogP contribution in [0.2, 0.25) is 0 Å². The van der Waals surface area contributed by atoms with Gasteiger partial charge < -0.3 is 20.3 Å². The molecule has 0 aromatic heterocycles. The lowest BCUT2D eigenvalue weighted by molar-refractivity contribution is 0.170. The van der Waals surface area contributed by atoms with Crippen LogP contribution < -0.4 is 15.2 Å². The highest BCUT2D eigenvalue weighted by Crippen LogP contribution is 2.36. The third-order valence-electron chi connectivity index (χ3n) is 2.06. The van der Waals surface area contributed by atoms with Gasteiger partial charge in [-0.3, -0.25) is 0 Å². The molecule has 14 heavy (non-hydrogen) atoms. The Hall–Kier alpha value is -1.33. The van der Waals surface area contributed by atoms with E-state index in [1.54, 1.807) is 0 Å². The molecule has 0 saturated carbocycles. The van der Waals surface area contributed by atoms with Crippen molar-refractivity contribution in [3.63, 3.8) is 0 Å². The van der Waals surface area contributed by atoms with Crippen molar-refractivity contribution < 1.29 is 19.0 Å². The number of halogens is 1. The lowest BCUT2D eigenvalue weighted by Gasteiger charge is -2.08. The Morgan fingerprint density at radius 3 is 3.00 bits per heavy atom. The molecule has 1 atom stereocenters. The number of fused-ring (bicyclic) bond motifs is 1. The molecule has 1 heterocycles. The predicted molar refractivity (Wildman–Crippen MR) is 46.5 cm³/mol. The Morgan fingerprint density at radius 1 is 1.50 bits per heavy atom. The van der Waals surface area contributed by atoms with E-state index in [1.807, 2.05) is 0 Å². The summed E-state index contributed by atoms with van der Waals surface area (Å²) in [5.41, 5.74) is 5.65. The third-order valence-corrected chi connectivity index (χ3v) is 2.06. The summed E-state index contributed by atoms with van der Waals surface area (Å²) < 4.78 is 23.2. The minimum absolute atomic E-state index is 0.00836. The lowest BCUT2D eigenvalue weighted by atomic mass is 10.1. The molecule has 1 unspecified atom stereocenters. The van der Waals surface area contributed by atoms with Crippen molar-refractivity contribution in [1.82, 2.24) is 0 Å². The molecule has 1 aliphatic rings. The summed E-state index contributed by atoms with van der Waals surface area (Å²) in [5, 5.41) is 9.40. The fourth-order valence-corrected chi connectivity index (χ4v) is 1.32. The van der Waals surface area contributed by atoms with Crippen LogP contribution in [-0.2, 0) is 0 Å². The molecule has 0 amide bonds. The molecule has 3 N–H and O–H groups in total. The Bertz CT molecular complexity index is 356. The number of aliphatic hydroxyl groups is 1. The van der Waals surface area contributed by atoms with Crippen molar-refractivity contribution >= 4 is 0 Å². The van der Waals surface area contributed by atoms with Gasteiger partial charge in [0.25, 0.3) is 0 Å². The predicted octanol–water partition coefficient (Wildman–Crippen LogP) is 0.546. The zero-order valence-corrected chi connectivity index (χ0v) is 7.37. The average Bonchev–Trinajstić information content (AvgIpc) is 2.64. The number of aliphatic hydroxyl groups excluding tert-OH is 1. The van der Waals surface area contributed by atoms with Crippen LogP contribution in [0.1, 0.15) is 11.7 Å². The standard InChI is InChI=1S/C9H10FNO3/c10-6-1-5(7(12)3-11)2-8-9(6)14-4-13-8/h1-2,7,12H,3-4,11H2. The highest BCUT2D eigenvalue weighted by molar-refractivity contribution is 5.46. The van der Waals surface area contributed by atoms with Gasteiger partial charge in [-0.25, -0.2) is 4.39 Å². The number of hydrogen-bond donors (Lipinski definition) is 2. The number of ether oxygens (including phenoxy) is 2. The largest absolute Gasteiger partial charge is 0.453 e. The summed E-state index contributed by atoms with van der Waals surface area (Å²) in [6.07, 6.45) is -0.876. The van der Waals surface area contributed by atoms with E-state index < -0.39 is 11.9 Å². The molecule has 0 spiro atoms. The van der Waals surface area contributed by atoms with Gasteiger partial charge in [-0.2, -0.15) is 0 Å². The van der Waals surface area contributed by atoms with Crippen LogP contribution in [0.4, 0.5) is 4.39 Å². The zero-order chi connectivity index (χ0) is 10.1. The molecule has 1 aromatic carbocycles. The Labute approximate surface area is 80.0 Å². The van der Waals surface area contributed by atoms with Crippen LogP contribution in [0.3, 0.4) is 0 Å². The molecule has 1 aromatic rings. The normalized spacial score (nSPS) is 15.6. The average molecular weight is 199 g/mol. The first kappa shape index (κ1) is 9.23. The van der Waals surface area contributed by atoms with Crippen LogP contribution in [0.25, 0.3) is 0 Å². The maximum atomic E-state index is 13.3. The Balaban J connectivity index is 2.41. The van der Waals surface area contributed by atoms with Crippen molar-refractivity contribution in [3.8, 4) is 11.5 Å². The maximum absolute atomic E-state index is 13.3. The van der Waals surface area contributed by atoms with Crippen molar-refractivity contribution in [3.05, 3.63) is 23.5 Å².